The number of nitrogens with zero attached hydrogens (tertiary/aromatic N) is 2. The molecule has 1 unspecified atom stereocenters. The van der Waals surface area contributed by atoms with E-state index in [-0.39, 0.29) is 24.8 Å². The normalized spacial score (nSPS) is 16.7. The minimum absolute atomic E-state index is 0.00444. The molecule has 0 spiro atoms. The van der Waals surface area contributed by atoms with E-state index in [1.807, 2.05) is 18.7 Å². The van der Waals surface area contributed by atoms with Crippen molar-refractivity contribution in [3.63, 3.8) is 0 Å². The van der Waals surface area contributed by atoms with Crippen molar-refractivity contribution in [2.75, 3.05) is 31.6 Å². The number of halogens is 1. The van der Waals surface area contributed by atoms with Crippen LogP contribution in [0.5, 0.6) is 0 Å². The van der Waals surface area contributed by atoms with Crippen LogP contribution in [0.3, 0.4) is 0 Å². The Bertz CT molecular complexity index is 686. The quantitative estimate of drug-likeness (QED) is 0.681. The van der Waals surface area contributed by atoms with E-state index in [0.29, 0.717) is 29.4 Å². The van der Waals surface area contributed by atoms with Crippen LogP contribution in [0.15, 0.2) is 18.2 Å². The van der Waals surface area contributed by atoms with Gasteiger partial charge in [-0.1, -0.05) is 25.4 Å². The number of carbonyl (C=O) groups is 3. The van der Waals surface area contributed by atoms with Crippen LogP contribution in [-0.2, 0) is 14.3 Å². The number of amides is 2. The fraction of sp³-hybridized carbons (Fsp3) is 0.526. The molecular weight excluding hydrogens is 356 g/mol. The van der Waals surface area contributed by atoms with Crippen molar-refractivity contribution < 1.29 is 19.1 Å². The van der Waals surface area contributed by atoms with Gasteiger partial charge in [-0.2, -0.15) is 0 Å². The number of methoxy groups -OCH3 is 1. The fourth-order valence-electron chi connectivity index (χ4n) is 3.20. The molecule has 0 radical (unpaired) electrons. The lowest BCUT2D eigenvalue weighted by atomic mass is 10.1. The predicted molar refractivity (Wildman–Crippen MR) is 100 cm³/mol. The molecule has 1 saturated heterocycles. The summed E-state index contributed by atoms with van der Waals surface area (Å²) < 4.78 is 4.72. The molecule has 0 aromatic heterocycles. The van der Waals surface area contributed by atoms with Gasteiger partial charge < -0.3 is 14.5 Å². The van der Waals surface area contributed by atoms with Crippen molar-refractivity contribution in [2.24, 2.45) is 5.92 Å². The lowest BCUT2D eigenvalue weighted by molar-refractivity contribution is -0.135. The molecule has 0 aliphatic carbocycles. The molecule has 1 aliphatic rings. The van der Waals surface area contributed by atoms with Crippen LogP contribution in [0.1, 0.15) is 43.5 Å². The summed E-state index contributed by atoms with van der Waals surface area (Å²) in [5, 5.41) is 0.359. The molecule has 7 heteroatoms. The Morgan fingerprint density at radius 1 is 1.27 bits per heavy atom. The number of hydrogen-bond donors (Lipinski definition) is 0. The molecule has 0 saturated carbocycles. The lowest BCUT2D eigenvalue weighted by Gasteiger charge is -2.25. The number of benzene rings is 1. The number of carbonyl (C=O) groups excluding carboxylic acids is 3. The van der Waals surface area contributed by atoms with Crippen LogP contribution in [-0.4, -0.2) is 49.4 Å². The molecule has 2 rings (SSSR count). The first-order valence-corrected chi connectivity index (χ1v) is 9.27. The minimum Gasteiger partial charge on any atom is -0.465 e. The van der Waals surface area contributed by atoms with Gasteiger partial charge in [0.2, 0.25) is 11.8 Å². The monoisotopic (exact) mass is 380 g/mol. The second-order valence-electron chi connectivity index (χ2n) is 6.39. The van der Waals surface area contributed by atoms with Crippen LogP contribution in [0.4, 0.5) is 5.69 Å². The zero-order valence-corrected chi connectivity index (χ0v) is 16.2. The van der Waals surface area contributed by atoms with Gasteiger partial charge in [0.25, 0.3) is 0 Å². The molecule has 0 N–H and O–H groups in total. The average Bonchev–Trinajstić information content (AvgIpc) is 3.02. The van der Waals surface area contributed by atoms with E-state index in [2.05, 4.69) is 0 Å². The van der Waals surface area contributed by atoms with Crippen LogP contribution >= 0.6 is 11.6 Å². The second kappa shape index (κ2) is 9.03. The molecule has 2 amide bonds. The molecule has 1 heterocycles. The Morgan fingerprint density at radius 3 is 2.50 bits per heavy atom. The van der Waals surface area contributed by atoms with E-state index in [9.17, 15) is 14.4 Å². The van der Waals surface area contributed by atoms with E-state index < -0.39 is 11.9 Å². The first-order valence-electron chi connectivity index (χ1n) is 8.89. The van der Waals surface area contributed by atoms with Crippen LogP contribution in [0.2, 0.25) is 5.02 Å². The van der Waals surface area contributed by atoms with Crippen molar-refractivity contribution in [1.29, 1.82) is 0 Å². The van der Waals surface area contributed by atoms with Gasteiger partial charge in [-0.15, -0.1) is 0 Å². The summed E-state index contributed by atoms with van der Waals surface area (Å²) in [6.45, 7) is 5.71. The van der Waals surface area contributed by atoms with Crippen LogP contribution in [0.25, 0.3) is 0 Å². The molecule has 1 aromatic carbocycles. The molecule has 1 aromatic rings. The molecule has 26 heavy (non-hydrogen) atoms. The van der Waals surface area contributed by atoms with Crippen LogP contribution < -0.4 is 4.90 Å². The van der Waals surface area contributed by atoms with E-state index in [0.717, 1.165) is 12.8 Å². The van der Waals surface area contributed by atoms with Crippen molar-refractivity contribution in [3.8, 4) is 0 Å². The average molecular weight is 381 g/mol. The van der Waals surface area contributed by atoms with Crippen molar-refractivity contribution in [2.45, 2.75) is 33.1 Å². The molecule has 1 aliphatic heterocycles. The summed E-state index contributed by atoms with van der Waals surface area (Å²) in [5.41, 5.74) is 0.750. The molecular formula is C19H25ClN2O4. The number of hydrogen-bond acceptors (Lipinski definition) is 4. The van der Waals surface area contributed by atoms with Gasteiger partial charge in [0, 0.05) is 26.1 Å². The lowest BCUT2D eigenvalue weighted by Crippen LogP contribution is -2.38. The third-order valence-corrected chi connectivity index (χ3v) is 4.75. The van der Waals surface area contributed by atoms with E-state index in [4.69, 9.17) is 16.3 Å². The van der Waals surface area contributed by atoms with Gasteiger partial charge in [0.1, 0.15) is 0 Å². The predicted octanol–water partition coefficient (Wildman–Crippen LogP) is 3.13. The highest BCUT2D eigenvalue weighted by Gasteiger charge is 2.37. The van der Waals surface area contributed by atoms with Crippen LogP contribution in [0, 0.1) is 5.92 Å². The summed E-state index contributed by atoms with van der Waals surface area (Å²) in [6.07, 6.45) is 1.91. The van der Waals surface area contributed by atoms with Crippen molar-refractivity contribution in [1.82, 2.24) is 4.90 Å². The molecule has 1 atom stereocenters. The van der Waals surface area contributed by atoms with Gasteiger partial charge in [-0.25, -0.2) is 4.79 Å². The van der Waals surface area contributed by atoms with Gasteiger partial charge in [0.05, 0.1) is 29.3 Å². The number of anilines is 1. The third kappa shape index (κ3) is 4.36. The standard InChI is InChI=1S/C19H25ClN2O4/c1-4-8-21(9-5-2)18(24)14-11-17(23)22(12-14)16-10-13(19(25)26-3)6-7-15(16)20/h6-7,10,14H,4-5,8-9,11-12H2,1-3H3. The Morgan fingerprint density at radius 2 is 1.92 bits per heavy atom. The topological polar surface area (TPSA) is 66.9 Å². The van der Waals surface area contributed by atoms with Gasteiger partial charge in [0.15, 0.2) is 0 Å². The maximum Gasteiger partial charge on any atom is 0.337 e. The summed E-state index contributed by atoms with van der Waals surface area (Å²) >= 11 is 6.24. The summed E-state index contributed by atoms with van der Waals surface area (Å²) in [7, 11) is 1.29. The van der Waals surface area contributed by atoms with Crippen molar-refractivity contribution >= 4 is 35.1 Å². The Balaban J connectivity index is 2.22. The first-order chi connectivity index (χ1) is 12.4. The largest absolute Gasteiger partial charge is 0.465 e. The Kier molecular flexibility index (Phi) is 7.03. The Labute approximate surface area is 159 Å². The van der Waals surface area contributed by atoms with E-state index in [1.165, 1.54) is 18.1 Å². The zero-order valence-electron chi connectivity index (χ0n) is 15.5. The Hall–Kier alpha value is -2.08. The minimum atomic E-state index is -0.501. The van der Waals surface area contributed by atoms with E-state index >= 15 is 0 Å². The molecule has 142 valence electrons. The molecule has 0 bridgehead atoms. The smallest absolute Gasteiger partial charge is 0.337 e. The number of esters is 1. The number of rotatable bonds is 7. The van der Waals surface area contributed by atoms with E-state index in [1.54, 1.807) is 12.1 Å². The highest BCUT2D eigenvalue weighted by atomic mass is 35.5. The second-order valence-corrected chi connectivity index (χ2v) is 6.80. The van der Waals surface area contributed by atoms with Gasteiger partial charge in [-0.05, 0) is 31.0 Å². The molecule has 6 nitrogen and oxygen atoms in total. The third-order valence-electron chi connectivity index (χ3n) is 4.43. The first kappa shape index (κ1) is 20.2. The highest BCUT2D eigenvalue weighted by Crippen LogP contribution is 2.33. The maximum atomic E-state index is 12.8. The fourth-order valence-corrected chi connectivity index (χ4v) is 3.42. The SMILES string of the molecule is CCCN(CCC)C(=O)C1CC(=O)N(c2cc(C(=O)OC)ccc2Cl)C1. The summed E-state index contributed by atoms with van der Waals surface area (Å²) in [5.74, 6) is -1.05. The molecule has 1 fully saturated rings. The van der Waals surface area contributed by atoms with Gasteiger partial charge in [-0.3, -0.25) is 9.59 Å². The van der Waals surface area contributed by atoms with Gasteiger partial charge >= 0.3 is 5.97 Å². The zero-order chi connectivity index (χ0) is 19.3. The highest BCUT2D eigenvalue weighted by molar-refractivity contribution is 6.34. The van der Waals surface area contributed by atoms with Crippen molar-refractivity contribution in [3.05, 3.63) is 28.8 Å². The summed E-state index contributed by atoms with van der Waals surface area (Å²) in [4.78, 5) is 40.4. The number of ether oxygens (including phenoxy) is 1. The maximum absolute atomic E-state index is 12.8. The summed E-state index contributed by atoms with van der Waals surface area (Å²) in [6, 6.07) is 4.64.